The second-order valence-corrected chi connectivity index (χ2v) is 4.48. The second-order valence-electron chi connectivity index (χ2n) is 4.48. The van der Waals surface area contributed by atoms with Crippen LogP contribution in [0.2, 0.25) is 0 Å². The monoisotopic (exact) mass is 206 g/mol. The van der Waals surface area contributed by atoms with Crippen LogP contribution in [0, 0.1) is 0 Å². The van der Waals surface area contributed by atoms with Crippen LogP contribution in [0.5, 0.6) is 0 Å². The molecule has 2 aliphatic rings. The number of nitrogens with one attached hydrogen (secondary N) is 3. The van der Waals surface area contributed by atoms with E-state index in [-0.39, 0.29) is 0 Å². The first kappa shape index (κ1) is 9.36. The topological polar surface area (TPSA) is 52.7 Å². The van der Waals surface area contributed by atoms with E-state index >= 15 is 0 Å². The molecule has 0 radical (unpaired) electrons. The lowest BCUT2D eigenvalue weighted by molar-refractivity contribution is 0.399. The van der Waals surface area contributed by atoms with Gasteiger partial charge >= 0.3 is 0 Å². The van der Waals surface area contributed by atoms with Crippen molar-refractivity contribution in [3.05, 3.63) is 17.2 Å². The average Bonchev–Trinajstić information content (AvgIpc) is 2.74. The van der Waals surface area contributed by atoms with Gasteiger partial charge in [-0.25, -0.2) is 4.98 Å². The third-order valence-electron chi connectivity index (χ3n) is 3.36. The van der Waals surface area contributed by atoms with E-state index in [4.69, 9.17) is 4.98 Å². The van der Waals surface area contributed by atoms with Gasteiger partial charge in [0.15, 0.2) is 0 Å². The maximum atomic E-state index is 4.72. The van der Waals surface area contributed by atoms with Crippen LogP contribution in [-0.4, -0.2) is 23.1 Å². The molecule has 2 aliphatic heterocycles. The van der Waals surface area contributed by atoms with Gasteiger partial charge in [0.1, 0.15) is 5.82 Å². The summed E-state index contributed by atoms with van der Waals surface area (Å²) in [7, 11) is 0. The van der Waals surface area contributed by atoms with Crippen LogP contribution in [0.15, 0.2) is 0 Å². The molecule has 4 heteroatoms. The van der Waals surface area contributed by atoms with Gasteiger partial charge in [-0.2, -0.15) is 0 Å². The summed E-state index contributed by atoms with van der Waals surface area (Å²) >= 11 is 0. The van der Waals surface area contributed by atoms with Crippen LogP contribution < -0.4 is 10.6 Å². The molecule has 1 unspecified atom stereocenters. The zero-order valence-electron chi connectivity index (χ0n) is 8.97. The van der Waals surface area contributed by atoms with Crippen LogP contribution in [0.1, 0.15) is 42.5 Å². The Bertz CT molecular complexity index is 315. The summed E-state index contributed by atoms with van der Waals surface area (Å²) in [5.74, 6) is 1.16. The molecule has 1 fully saturated rings. The van der Waals surface area contributed by atoms with Gasteiger partial charge in [0.25, 0.3) is 0 Å². The number of H-pyrrole nitrogens is 1. The summed E-state index contributed by atoms with van der Waals surface area (Å²) in [4.78, 5) is 8.18. The Morgan fingerprint density at radius 1 is 1.20 bits per heavy atom. The Morgan fingerprint density at radius 3 is 3.00 bits per heavy atom. The molecule has 3 heterocycles. The van der Waals surface area contributed by atoms with Crippen molar-refractivity contribution in [2.75, 3.05) is 13.1 Å². The lowest BCUT2D eigenvalue weighted by Gasteiger charge is -2.21. The molecular weight excluding hydrogens is 188 g/mol. The first-order valence-corrected chi connectivity index (χ1v) is 5.95. The van der Waals surface area contributed by atoms with Crippen molar-refractivity contribution in [3.63, 3.8) is 0 Å². The molecule has 15 heavy (non-hydrogen) atoms. The number of imidazole rings is 1. The maximum Gasteiger partial charge on any atom is 0.123 e. The first-order valence-electron chi connectivity index (χ1n) is 5.95. The molecule has 3 N–H and O–H groups in total. The van der Waals surface area contributed by atoms with Crippen molar-refractivity contribution in [1.29, 1.82) is 0 Å². The summed E-state index contributed by atoms with van der Waals surface area (Å²) in [5.41, 5.74) is 2.57. The van der Waals surface area contributed by atoms with Crippen LogP contribution in [0.3, 0.4) is 0 Å². The highest BCUT2D eigenvalue weighted by atomic mass is 15.1. The zero-order chi connectivity index (χ0) is 10.1. The molecule has 0 aliphatic carbocycles. The predicted octanol–water partition coefficient (Wildman–Crippen LogP) is 0.870. The molecule has 1 atom stereocenters. The minimum Gasteiger partial charge on any atom is -0.343 e. The fourth-order valence-corrected chi connectivity index (χ4v) is 2.49. The van der Waals surface area contributed by atoms with Gasteiger partial charge < -0.3 is 15.6 Å². The molecule has 82 valence electrons. The molecule has 1 aromatic rings. The van der Waals surface area contributed by atoms with E-state index in [1.54, 1.807) is 0 Å². The lowest BCUT2D eigenvalue weighted by Crippen LogP contribution is -2.27. The van der Waals surface area contributed by atoms with Crippen LogP contribution in [0.25, 0.3) is 0 Å². The number of piperidine rings is 1. The SMILES string of the molecule is C1CCC(c2nc3c([nH]2)CNCC3)NC1. The van der Waals surface area contributed by atoms with Crippen molar-refractivity contribution in [3.8, 4) is 0 Å². The summed E-state index contributed by atoms with van der Waals surface area (Å²) in [5, 5.41) is 6.90. The van der Waals surface area contributed by atoms with Crippen molar-refractivity contribution < 1.29 is 0 Å². The molecule has 0 saturated carbocycles. The van der Waals surface area contributed by atoms with Crippen molar-refractivity contribution in [2.45, 2.75) is 38.3 Å². The number of aromatic nitrogens is 2. The summed E-state index contributed by atoms with van der Waals surface area (Å²) in [6.45, 7) is 3.15. The fraction of sp³-hybridized carbons (Fsp3) is 0.727. The number of hydrogen-bond acceptors (Lipinski definition) is 3. The van der Waals surface area contributed by atoms with E-state index in [9.17, 15) is 0 Å². The van der Waals surface area contributed by atoms with Crippen molar-refractivity contribution in [1.82, 2.24) is 20.6 Å². The maximum absolute atomic E-state index is 4.72. The molecule has 1 aromatic heterocycles. The number of hydrogen-bond donors (Lipinski definition) is 3. The molecule has 1 saturated heterocycles. The average molecular weight is 206 g/mol. The van der Waals surface area contributed by atoms with Crippen LogP contribution in [0.4, 0.5) is 0 Å². The van der Waals surface area contributed by atoms with Crippen LogP contribution >= 0.6 is 0 Å². The molecule has 0 spiro atoms. The summed E-state index contributed by atoms with van der Waals surface area (Å²) in [6, 6.07) is 0.462. The van der Waals surface area contributed by atoms with Crippen molar-refractivity contribution in [2.24, 2.45) is 0 Å². The number of rotatable bonds is 1. The molecular formula is C11H18N4. The first-order chi connectivity index (χ1) is 7.43. The minimum atomic E-state index is 0.462. The van der Waals surface area contributed by atoms with Crippen molar-refractivity contribution >= 4 is 0 Å². The van der Waals surface area contributed by atoms with Gasteiger partial charge in [0, 0.05) is 19.5 Å². The van der Waals surface area contributed by atoms with E-state index < -0.39 is 0 Å². The van der Waals surface area contributed by atoms with Gasteiger partial charge in [0.2, 0.25) is 0 Å². The Hall–Kier alpha value is -0.870. The Labute approximate surface area is 89.9 Å². The summed E-state index contributed by atoms with van der Waals surface area (Å²) in [6.07, 6.45) is 4.91. The molecule has 0 aromatic carbocycles. The zero-order valence-corrected chi connectivity index (χ0v) is 8.97. The Kier molecular flexibility index (Phi) is 2.46. The second kappa shape index (κ2) is 3.94. The van der Waals surface area contributed by atoms with Crippen LogP contribution in [-0.2, 0) is 13.0 Å². The van der Waals surface area contributed by atoms with E-state index in [1.807, 2.05) is 0 Å². The predicted molar refractivity (Wildman–Crippen MR) is 58.6 cm³/mol. The molecule has 3 rings (SSSR count). The quantitative estimate of drug-likeness (QED) is 0.639. The molecule has 0 bridgehead atoms. The van der Waals surface area contributed by atoms with E-state index in [1.165, 1.54) is 30.7 Å². The van der Waals surface area contributed by atoms with E-state index in [0.717, 1.165) is 31.9 Å². The third-order valence-corrected chi connectivity index (χ3v) is 3.36. The Balaban J connectivity index is 1.82. The van der Waals surface area contributed by atoms with E-state index in [2.05, 4.69) is 15.6 Å². The van der Waals surface area contributed by atoms with Gasteiger partial charge in [-0.1, -0.05) is 6.42 Å². The number of nitrogens with zero attached hydrogens (tertiary/aromatic N) is 1. The fourth-order valence-electron chi connectivity index (χ4n) is 2.49. The van der Waals surface area contributed by atoms with Gasteiger partial charge in [0.05, 0.1) is 17.4 Å². The third kappa shape index (κ3) is 1.79. The largest absolute Gasteiger partial charge is 0.343 e. The number of aromatic amines is 1. The minimum absolute atomic E-state index is 0.462. The smallest absolute Gasteiger partial charge is 0.123 e. The highest BCUT2D eigenvalue weighted by Gasteiger charge is 2.21. The van der Waals surface area contributed by atoms with E-state index in [0.29, 0.717) is 6.04 Å². The highest BCUT2D eigenvalue weighted by Crippen LogP contribution is 2.22. The van der Waals surface area contributed by atoms with Gasteiger partial charge in [-0.05, 0) is 19.4 Å². The molecule has 4 nitrogen and oxygen atoms in total. The normalized spacial score (nSPS) is 26.3. The lowest BCUT2D eigenvalue weighted by atomic mass is 10.0. The Morgan fingerprint density at radius 2 is 2.20 bits per heavy atom. The van der Waals surface area contributed by atoms with Gasteiger partial charge in [-0.15, -0.1) is 0 Å². The highest BCUT2D eigenvalue weighted by molar-refractivity contribution is 5.19. The summed E-state index contributed by atoms with van der Waals surface area (Å²) < 4.78 is 0. The standard InChI is InChI=1S/C11H18N4/c1-2-5-13-9(3-1)11-14-8-4-6-12-7-10(8)15-11/h9,12-13H,1-7H2,(H,14,15). The number of fused-ring (bicyclic) bond motifs is 1. The van der Waals surface area contributed by atoms with Gasteiger partial charge in [-0.3, -0.25) is 0 Å². The molecule has 0 amide bonds.